The second-order valence-corrected chi connectivity index (χ2v) is 11.9. The number of nitrogens with zero attached hydrogens (tertiary/aromatic N) is 3. The normalized spacial score (nSPS) is 19.4. The number of amides is 3. The average molecular weight is 559 g/mol. The quantitative estimate of drug-likeness (QED) is 0.247. The smallest absolute Gasteiger partial charge is 0.263 e. The van der Waals surface area contributed by atoms with Gasteiger partial charge in [-0.2, -0.15) is 0 Å². The van der Waals surface area contributed by atoms with Crippen molar-refractivity contribution < 1.29 is 14.4 Å². The monoisotopic (exact) mass is 558 g/mol. The maximum atomic E-state index is 14.3. The fraction of sp³-hybridized carbons (Fsp3) is 0.406. The second kappa shape index (κ2) is 11.9. The van der Waals surface area contributed by atoms with Crippen LogP contribution in [-0.2, 0) is 20.8 Å². The first-order valence-corrected chi connectivity index (χ1v) is 13.9. The molecule has 1 unspecified atom stereocenters. The molecule has 0 radical (unpaired) electrons. The number of aromatic amines is 1. The Hall–Kier alpha value is -3.95. The fourth-order valence-corrected chi connectivity index (χ4v) is 5.38. The molecule has 1 aliphatic rings. The number of H-pyrrole nitrogens is 1. The molecule has 2 aromatic carbocycles. The van der Waals surface area contributed by atoms with Crippen molar-refractivity contribution in [2.75, 3.05) is 28.2 Å². The van der Waals surface area contributed by atoms with Gasteiger partial charge in [0.05, 0.1) is 0 Å². The predicted octanol–water partition coefficient (Wildman–Crippen LogP) is 3.20. The van der Waals surface area contributed by atoms with E-state index in [1.165, 1.54) is 11.1 Å². The number of hydrogen-bond donors (Lipinski definition) is 3. The Labute approximate surface area is 242 Å². The lowest BCUT2D eigenvalue weighted by Gasteiger charge is -2.36. The van der Waals surface area contributed by atoms with Gasteiger partial charge in [-0.05, 0) is 50.0 Å². The molecule has 9 heteroatoms. The molecule has 218 valence electrons. The second-order valence-electron chi connectivity index (χ2n) is 11.9. The summed E-state index contributed by atoms with van der Waals surface area (Å²) < 4.78 is 0. The van der Waals surface area contributed by atoms with Crippen molar-refractivity contribution in [3.05, 3.63) is 84.1 Å². The van der Waals surface area contributed by atoms with Gasteiger partial charge < -0.3 is 20.9 Å². The number of hydrazine groups is 1. The molecular formula is C32H42N6O3. The first kappa shape index (κ1) is 30.0. The van der Waals surface area contributed by atoms with Crippen LogP contribution in [0.4, 0.5) is 0 Å². The maximum Gasteiger partial charge on any atom is 0.263 e. The Balaban J connectivity index is 1.67. The van der Waals surface area contributed by atoms with Crippen LogP contribution in [0.3, 0.4) is 0 Å². The number of likely N-dealkylation sites (N-methyl/N-ethyl adjacent to an activating group) is 2. The first-order chi connectivity index (χ1) is 19.3. The molecule has 4 N–H and O–H groups in total. The van der Waals surface area contributed by atoms with Gasteiger partial charge in [0.15, 0.2) is 0 Å². The summed E-state index contributed by atoms with van der Waals surface area (Å²) in [6.45, 7) is 3.76. The zero-order valence-electron chi connectivity index (χ0n) is 24.8. The molecule has 1 saturated carbocycles. The number of rotatable bonds is 11. The summed E-state index contributed by atoms with van der Waals surface area (Å²) in [5, 5.41) is 7.15. The van der Waals surface area contributed by atoms with Crippen molar-refractivity contribution in [1.82, 2.24) is 25.2 Å². The number of benzene rings is 2. The van der Waals surface area contributed by atoms with Gasteiger partial charge in [0.25, 0.3) is 5.91 Å². The highest BCUT2D eigenvalue weighted by molar-refractivity contribution is 5.99. The number of para-hydroxylation sites is 1. The van der Waals surface area contributed by atoms with Gasteiger partial charge in [0, 0.05) is 63.2 Å². The highest BCUT2D eigenvalue weighted by Crippen LogP contribution is 2.56. The van der Waals surface area contributed by atoms with Crippen LogP contribution in [0.25, 0.3) is 10.9 Å². The fourth-order valence-electron chi connectivity index (χ4n) is 5.38. The largest absolute Gasteiger partial charge is 0.361 e. The van der Waals surface area contributed by atoms with Crippen LogP contribution in [0.15, 0.2) is 72.9 Å². The summed E-state index contributed by atoms with van der Waals surface area (Å²) >= 11 is 0. The molecule has 9 nitrogen and oxygen atoms in total. The standard InChI is InChI=1S/C32H42N6O3/c1-31(2,33)18-12-17-28(39)35-27(19-23-21-34-26-16-11-10-15-24(23)26)29(40)37(5)32(30(41)38(6)36(3)4)20-25(32)22-13-8-7-9-14-22/h7-17,21,25,27,34H,18-20,33H2,1-6H3,(H,35,39)/b17-12+/t25-,27-,32?/m1/s1. The molecule has 1 aromatic heterocycles. The van der Waals surface area contributed by atoms with Crippen LogP contribution < -0.4 is 11.1 Å². The summed E-state index contributed by atoms with van der Waals surface area (Å²) in [4.78, 5) is 46.1. The lowest BCUT2D eigenvalue weighted by molar-refractivity contribution is -0.155. The van der Waals surface area contributed by atoms with Gasteiger partial charge in [-0.25, -0.2) is 5.01 Å². The van der Waals surface area contributed by atoms with Crippen LogP contribution in [0, 0.1) is 0 Å². The average Bonchev–Trinajstić information content (AvgIpc) is 3.58. The Morgan fingerprint density at radius 1 is 1.07 bits per heavy atom. The molecule has 0 aliphatic heterocycles. The lowest BCUT2D eigenvalue weighted by Crippen LogP contribution is -2.58. The maximum absolute atomic E-state index is 14.3. The number of nitrogens with one attached hydrogen (secondary N) is 2. The highest BCUT2D eigenvalue weighted by atomic mass is 16.2. The summed E-state index contributed by atoms with van der Waals surface area (Å²) in [6, 6.07) is 16.7. The Bertz CT molecular complexity index is 1420. The van der Waals surface area contributed by atoms with Gasteiger partial charge in [-0.15, -0.1) is 0 Å². The molecule has 1 aliphatic carbocycles. The van der Waals surface area contributed by atoms with Crippen molar-refractivity contribution >= 4 is 28.6 Å². The van der Waals surface area contributed by atoms with Crippen LogP contribution in [0.5, 0.6) is 0 Å². The van der Waals surface area contributed by atoms with E-state index in [9.17, 15) is 14.4 Å². The molecule has 0 spiro atoms. The number of carbonyl (C=O) groups excluding carboxylic acids is 3. The SMILES string of the molecule is CN(C)N(C)C(=O)C1(N(C)C(=O)[C@@H](Cc2c[nH]c3ccccc23)NC(=O)/C=C/CC(C)(C)N)C[C@@H]1c1ccccc1. The van der Waals surface area contributed by atoms with E-state index in [0.717, 1.165) is 22.0 Å². The van der Waals surface area contributed by atoms with Gasteiger partial charge in [0.2, 0.25) is 11.8 Å². The third kappa shape index (κ3) is 6.52. The van der Waals surface area contributed by atoms with Crippen LogP contribution in [0.2, 0.25) is 0 Å². The molecule has 3 atom stereocenters. The third-order valence-electron chi connectivity index (χ3n) is 7.95. The summed E-state index contributed by atoms with van der Waals surface area (Å²) in [5.41, 5.74) is 7.38. The van der Waals surface area contributed by atoms with E-state index >= 15 is 0 Å². The number of aromatic nitrogens is 1. The summed E-state index contributed by atoms with van der Waals surface area (Å²) in [6.07, 6.45) is 6.28. The minimum atomic E-state index is -1.07. The van der Waals surface area contributed by atoms with E-state index in [4.69, 9.17) is 5.73 Å². The van der Waals surface area contributed by atoms with Gasteiger partial charge in [-0.3, -0.25) is 19.4 Å². The Morgan fingerprint density at radius 3 is 2.39 bits per heavy atom. The van der Waals surface area contributed by atoms with Crippen molar-refractivity contribution in [2.24, 2.45) is 5.73 Å². The molecule has 3 aromatic rings. The molecule has 1 fully saturated rings. The van der Waals surface area contributed by atoms with Crippen molar-refractivity contribution in [3.8, 4) is 0 Å². The molecule has 1 heterocycles. The third-order valence-corrected chi connectivity index (χ3v) is 7.95. The van der Waals surface area contributed by atoms with Crippen LogP contribution >= 0.6 is 0 Å². The molecule has 0 saturated heterocycles. The molecule has 0 bridgehead atoms. The van der Waals surface area contributed by atoms with E-state index in [1.807, 2.05) is 74.6 Å². The minimum Gasteiger partial charge on any atom is -0.361 e. The highest BCUT2D eigenvalue weighted by Gasteiger charge is 2.66. The van der Waals surface area contributed by atoms with Gasteiger partial charge in [-0.1, -0.05) is 54.6 Å². The number of nitrogens with two attached hydrogens (primary N) is 1. The topological polar surface area (TPSA) is 115 Å². The van der Waals surface area contributed by atoms with E-state index < -0.39 is 17.1 Å². The van der Waals surface area contributed by atoms with E-state index in [0.29, 0.717) is 12.8 Å². The van der Waals surface area contributed by atoms with Crippen LogP contribution in [0.1, 0.15) is 43.7 Å². The first-order valence-electron chi connectivity index (χ1n) is 13.9. The zero-order chi connectivity index (χ0) is 29.9. The van der Waals surface area contributed by atoms with E-state index in [2.05, 4.69) is 10.3 Å². The number of fused-ring (bicyclic) bond motifs is 1. The van der Waals surface area contributed by atoms with E-state index in [-0.39, 0.29) is 30.1 Å². The van der Waals surface area contributed by atoms with Crippen molar-refractivity contribution in [2.45, 2.75) is 56.1 Å². The van der Waals surface area contributed by atoms with Crippen LogP contribution in [-0.4, -0.2) is 82.9 Å². The van der Waals surface area contributed by atoms with Gasteiger partial charge >= 0.3 is 0 Å². The minimum absolute atomic E-state index is 0.163. The molecule has 3 amide bonds. The number of hydrogen-bond acceptors (Lipinski definition) is 5. The Kier molecular flexibility index (Phi) is 8.70. The number of carbonyl (C=O) groups is 3. The zero-order valence-corrected chi connectivity index (χ0v) is 24.8. The van der Waals surface area contributed by atoms with Crippen molar-refractivity contribution in [1.29, 1.82) is 0 Å². The summed E-state index contributed by atoms with van der Waals surface area (Å²) in [5.74, 6) is -1.05. The molecule has 41 heavy (non-hydrogen) atoms. The van der Waals surface area contributed by atoms with Crippen molar-refractivity contribution in [3.63, 3.8) is 0 Å². The van der Waals surface area contributed by atoms with Gasteiger partial charge in [0.1, 0.15) is 11.6 Å². The molecular weight excluding hydrogens is 516 g/mol. The summed E-state index contributed by atoms with van der Waals surface area (Å²) in [7, 11) is 6.97. The molecule has 4 rings (SSSR count). The predicted molar refractivity (Wildman–Crippen MR) is 162 cm³/mol. The van der Waals surface area contributed by atoms with E-state index in [1.54, 1.807) is 44.2 Å². The Morgan fingerprint density at radius 2 is 1.73 bits per heavy atom. The lowest BCUT2D eigenvalue weighted by atomic mass is 10.00.